The molecule has 188 valence electrons. The van der Waals surface area contributed by atoms with Crippen LogP contribution in [0.2, 0.25) is 0 Å². The molecule has 5 aromatic carbocycles. The third kappa shape index (κ3) is 4.15. The minimum atomic E-state index is 0.326. The van der Waals surface area contributed by atoms with Crippen LogP contribution < -0.4 is 4.90 Å². The Morgan fingerprint density at radius 2 is 1.28 bits per heavy atom. The van der Waals surface area contributed by atoms with E-state index >= 15 is 0 Å². The van der Waals surface area contributed by atoms with Crippen molar-refractivity contribution in [2.75, 3.05) is 11.9 Å². The van der Waals surface area contributed by atoms with Gasteiger partial charge in [-0.25, -0.2) is 0 Å². The highest BCUT2D eigenvalue weighted by molar-refractivity contribution is 6.10. The van der Waals surface area contributed by atoms with Crippen molar-refractivity contribution in [3.8, 4) is 5.69 Å². The van der Waals surface area contributed by atoms with Gasteiger partial charge < -0.3 is 9.47 Å². The Morgan fingerprint density at radius 3 is 2.03 bits per heavy atom. The fraction of sp³-hybridized carbons (Fsp3) is 0.0811. The summed E-state index contributed by atoms with van der Waals surface area (Å²) in [5.41, 5.74) is 10.0. The Kier molecular flexibility index (Phi) is 5.86. The van der Waals surface area contributed by atoms with Gasteiger partial charge in [0.25, 0.3) is 0 Å². The standard InChI is InChI=1S/C37H30N2/c1-38(29-15-7-3-8-16-29)31-22-24-37-35(26-31)34-25-28(21-23-36(34)39(37)30-17-9-4-10-18-30)33-20-12-11-19-32(33)27-13-5-2-6-14-27/h2-19,21-26,33H,20H2,1H3. The summed E-state index contributed by atoms with van der Waals surface area (Å²) in [5.74, 6) is 0.326. The lowest BCUT2D eigenvalue weighted by Gasteiger charge is -2.23. The number of anilines is 2. The molecule has 1 unspecified atom stereocenters. The summed E-state index contributed by atoms with van der Waals surface area (Å²) in [6.45, 7) is 0. The van der Waals surface area contributed by atoms with E-state index in [9.17, 15) is 0 Å². The van der Waals surface area contributed by atoms with Gasteiger partial charge in [0.2, 0.25) is 0 Å². The van der Waals surface area contributed by atoms with Crippen LogP contribution in [0.4, 0.5) is 11.4 Å². The number of rotatable bonds is 5. The summed E-state index contributed by atoms with van der Waals surface area (Å²) >= 11 is 0. The smallest absolute Gasteiger partial charge is 0.0542 e. The van der Waals surface area contributed by atoms with Crippen molar-refractivity contribution in [1.82, 2.24) is 4.57 Å². The molecule has 2 nitrogen and oxygen atoms in total. The van der Waals surface area contributed by atoms with E-state index in [-0.39, 0.29) is 0 Å². The molecule has 0 spiro atoms. The molecule has 0 amide bonds. The topological polar surface area (TPSA) is 8.17 Å². The van der Waals surface area contributed by atoms with E-state index in [1.54, 1.807) is 0 Å². The van der Waals surface area contributed by atoms with Crippen molar-refractivity contribution >= 4 is 38.8 Å². The average Bonchev–Trinajstić information content (AvgIpc) is 3.35. The van der Waals surface area contributed by atoms with Crippen molar-refractivity contribution < 1.29 is 0 Å². The van der Waals surface area contributed by atoms with Crippen molar-refractivity contribution in [2.24, 2.45) is 0 Å². The van der Waals surface area contributed by atoms with Crippen LogP contribution >= 0.6 is 0 Å². The fourth-order valence-corrected chi connectivity index (χ4v) is 5.98. The summed E-state index contributed by atoms with van der Waals surface area (Å²) in [4.78, 5) is 2.26. The van der Waals surface area contributed by atoms with E-state index in [1.165, 1.54) is 55.6 Å². The summed E-state index contributed by atoms with van der Waals surface area (Å²) in [5, 5.41) is 2.56. The third-order valence-electron chi connectivity index (χ3n) is 7.99. The second kappa shape index (κ2) is 9.81. The molecular weight excluding hydrogens is 472 g/mol. The molecule has 6 aromatic rings. The van der Waals surface area contributed by atoms with Gasteiger partial charge in [0.05, 0.1) is 11.0 Å². The van der Waals surface area contributed by atoms with Gasteiger partial charge in [-0.05, 0) is 77.7 Å². The molecule has 1 aromatic heterocycles. The van der Waals surface area contributed by atoms with E-state index in [0.717, 1.165) is 6.42 Å². The summed E-state index contributed by atoms with van der Waals surface area (Å²) in [6, 6.07) is 46.0. The maximum absolute atomic E-state index is 2.43. The van der Waals surface area contributed by atoms with E-state index in [4.69, 9.17) is 0 Å². The Labute approximate surface area is 229 Å². The fourth-order valence-electron chi connectivity index (χ4n) is 5.98. The monoisotopic (exact) mass is 502 g/mol. The molecule has 7 rings (SSSR count). The molecule has 1 aliphatic carbocycles. The van der Waals surface area contributed by atoms with Gasteiger partial charge >= 0.3 is 0 Å². The quantitative estimate of drug-likeness (QED) is 0.228. The number of allylic oxidation sites excluding steroid dienone is 4. The zero-order valence-electron chi connectivity index (χ0n) is 22.0. The molecule has 0 N–H and O–H groups in total. The SMILES string of the molecule is CN(c1ccccc1)c1ccc2c(c1)c1cc(C3CC=CC=C3c3ccccc3)ccc1n2-c1ccccc1. The molecule has 1 heterocycles. The maximum atomic E-state index is 2.43. The van der Waals surface area contributed by atoms with Crippen molar-refractivity contribution in [1.29, 1.82) is 0 Å². The second-order valence-corrected chi connectivity index (χ2v) is 10.2. The molecule has 0 bridgehead atoms. The van der Waals surface area contributed by atoms with Gasteiger partial charge in [0.15, 0.2) is 0 Å². The highest BCUT2D eigenvalue weighted by Gasteiger charge is 2.21. The second-order valence-electron chi connectivity index (χ2n) is 10.2. The first-order chi connectivity index (χ1) is 19.3. The predicted octanol–water partition coefficient (Wildman–Crippen LogP) is 9.68. The van der Waals surface area contributed by atoms with Crippen molar-refractivity contribution in [2.45, 2.75) is 12.3 Å². The highest BCUT2D eigenvalue weighted by Crippen LogP contribution is 2.41. The van der Waals surface area contributed by atoms with Crippen molar-refractivity contribution in [3.63, 3.8) is 0 Å². The minimum Gasteiger partial charge on any atom is -0.345 e. The summed E-state index contributed by atoms with van der Waals surface area (Å²) < 4.78 is 2.40. The number of para-hydroxylation sites is 2. The molecule has 0 radical (unpaired) electrons. The number of hydrogen-bond acceptors (Lipinski definition) is 1. The molecule has 0 saturated heterocycles. The highest BCUT2D eigenvalue weighted by atomic mass is 15.1. The maximum Gasteiger partial charge on any atom is 0.0542 e. The Bertz CT molecular complexity index is 1830. The van der Waals surface area contributed by atoms with Crippen molar-refractivity contribution in [3.05, 3.63) is 157 Å². The lowest BCUT2D eigenvalue weighted by Crippen LogP contribution is -2.08. The molecular formula is C37H30N2. The van der Waals surface area contributed by atoms with Crippen LogP contribution in [0, 0.1) is 0 Å². The lowest BCUT2D eigenvalue weighted by molar-refractivity contribution is 0.875. The summed E-state index contributed by atoms with van der Waals surface area (Å²) in [6.07, 6.45) is 7.78. The number of fused-ring (bicyclic) bond motifs is 3. The lowest BCUT2D eigenvalue weighted by atomic mass is 9.81. The van der Waals surface area contributed by atoms with Gasteiger partial charge in [-0.3, -0.25) is 0 Å². The van der Waals surface area contributed by atoms with Crippen LogP contribution in [-0.4, -0.2) is 11.6 Å². The van der Waals surface area contributed by atoms with E-state index in [2.05, 4.69) is 162 Å². The molecule has 1 aliphatic rings. The predicted molar refractivity (Wildman–Crippen MR) is 166 cm³/mol. The zero-order valence-corrected chi connectivity index (χ0v) is 22.0. The molecule has 0 aliphatic heterocycles. The Balaban J connectivity index is 1.42. The molecule has 1 atom stereocenters. The normalized spacial score (nSPS) is 15.0. The molecule has 0 fully saturated rings. The van der Waals surface area contributed by atoms with Crippen LogP contribution in [0.25, 0.3) is 33.1 Å². The van der Waals surface area contributed by atoms with Gasteiger partial charge in [-0.1, -0.05) is 91.0 Å². The van der Waals surface area contributed by atoms with Crippen LogP contribution in [0.5, 0.6) is 0 Å². The largest absolute Gasteiger partial charge is 0.345 e. The van der Waals surface area contributed by atoms with Gasteiger partial charge in [0, 0.05) is 40.8 Å². The number of benzene rings is 5. The number of hydrogen-bond donors (Lipinski definition) is 0. The average molecular weight is 503 g/mol. The number of nitrogens with zero attached hydrogens (tertiary/aromatic N) is 2. The van der Waals surface area contributed by atoms with E-state index in [0.29, 0.717) is 5.92 Å². The molecule has 2 heteroatoms. The first kappa shape index (κ1) is 23.3. The first-order valence-electron chi connectivity index (χ1n) is 13.6. The van der Waals surface area contributed by atoms with Crippen LogP contribution in [-0.2, 0) is 0 Å². The number of aromatic nitrogens is 1. The van der Waals surface area contributed by atoms with Crippen LogP contribution in [0.15, 0.2) is 146 Å². The van der Waals surface area contributed by atoms with E-state index in [1.807, 2.05) is 0 Å². The van der Waals surface area contributed by atoms with Gasteiger partial charge in [-0.2, -0.15) is 0 Å². The zero-order chi connectivity index (χ0) is 26.2. The Morgan fingerprint density at radius 1 is 0.641 bits per heavy atom. The van der Waals surface area contributed by atoms with Gasteiger partial charge in [0.1, 0.15) is 0 Å². The van der Waals surface area contributed by atoms with Crippen LogP contribution in [0.3, 0.4) is 0 Å². The molecule has 0 saturated carbocycles. The third-order valence-corrected chi connectivity index (χ3v) is 7.99. The van der Waals surface area contributed by atoms with Gasteiger partial charge in [-0.15, -0.1) is 0 Å². The van der Waals surface area contributed by atoms with E-state index < -0.39 is 0 Å². The van der Waals surface area contributed by atoms with Crippen LogP contribution in [0.1, 0.15) is 23.5 Å². The summed E-state index contributed by atoms with van der Waals surface area (Å²) in [7, 11) is 2.14. The molecule has 39 heavy (non-hydrogen) atoms. The first-order valence-corrected chi connectivity index (χ1v) is 13.6. The minimum absolute atomic E-state index is 0.326. The Hall–Kier alpha value is -4.82.